The van der Waals surface area contributed by atoms with Crippen molar-refractivity contribution < 1.29 is 19.5 Å². The van der Waals surface area contributed by atoms with E-state index in [2.05, 4.69) is 16.0 Å². The van der Waals surface area contributed by atoms with Crippen molar-refractivity contribution in [2.75, 3.05) is 11.5 Å². The van der Waals surface area contributed by atoms with Gasteiger partial charge in [0.25, 0.3) is 5.91 Å². The molecular weight excluding hydrogens is 346 g/mol. The highest BCUT2D eigenvalue weighted by Gasteiger charge is 2.17. The molecule has 9 nitrogen and oxygen atoms in total. The molecule has 25 heavy (non-hydrogen) atoms. The molecule has 0 saturated carbocycles. The Bertz CT molecular complexity index is 763. The Morgan fingerprint density at radius 3 is 2.60 bits per heavy atom. The number of thioether (sulfide) groups is 1. The molecule has 0 saturated heterocycles. The van der Waals surface area contributed by atoms with Gasteiger partial charge in [0.2, 0.25) is 11.8 Å². The van der Waals surface area contributed by atoms with Crippen molar-refractivity contribution in [3.63, 3.8) is 0 Å². The van der Waals surface area contributed by atoms with Gasteiger partial charge in [-0.05, 0) is 12.1 Å². The number of nitrogens with zero attached hydrogens (tertiary/aromatic N) is 2. The molecule has 132 valence electrons. The summed E-state index contributed by atoms with van der Waals surface area (Å²) in [7, 11) is 0. The van der Waals surface area contributed by atoms with Gasteiger partial charge in [-0.1, -0.05) is 18.2 Å². The lowest BCUT2D eigenvalue weighted by atomic mass is 10.3. The number of carbonyl (C=O) groups excluding carboxylic acids is 3. The Labute approximate surface area is 147 Å². The largest absolute Gasteiger partial charge is 0.504 e. The molecule has 0 unspecified atom stereocenters. The van der Waals surface area contributed by atoms with E-state index in [4.69, 9.17) is 5.73 Å². The smallest absolute Gasteiger partial charge is 0.294 e. The molecule has 3 amide bonds. The molecule has 0 radical (unpaired) electrons. The SMILES string of the molecule is NC(=O)CSCCC(=O)NNC(=O)c1nn(-c2ccccc2)cc1O. The monoisotopic (exact) mass is 363 g/mol. The van der Waals surface area contributed by atoms with E-state index in [0.29, 0.717) is 11.4 Å². The van der Waals surface area contributed by atoms with E-state index in [0.717, 1.165) is 0 Å². The second-order valence-corrected chi connectivity index (χ2v) is 6.02. The zero-order chi connectivity index (χ0) is 18.2. The second kappa shape index (κ2) is 8.73. The minimum absolute atomic E-state index is 0.0999. The lowest BCUT2D eigenvalue weighted by Gasteiger charge is -2.06. The Morgan fingerprint density at radius 2 is 1.92 bits per heavy atom. The van der Waals surface area contributed by atoms with Gasteiger partial charge in [-0.2, -0.15) is 16.9 Å². The molecule has 1 heterocycles. The van der Waals surface area contributed by atoms with E-state index in [1.807, 2.05) is 6.07 Å². The average Bonchev–Trinajstić information content (AvgIpc) is 2.99. The number of aromatic hydroxyl groups is 1. The predicted molar refractivity (Wildman–Crippen MR) is 92.0 cm³/mol. The van der Waals surface area contributed by atoms with Crippen LogP contribution in [0.5, 0.6) is 5.75 Å². The standard InChI is InChI=1S/C15H17N5O4S/c16-12(22)9-25-7-6-13(23)17-18-15(24)14-11(21)8-20(19-14)10-4-2-1-3-5-10/h1-5,8,21H,6-7,9H2,(H2,16,22)(H,17,23)(H,18,24). The fourth-order valence-corrected chi connectivity index (χ4v) is 2.50. The van der Waals surface area contributed by atoms with Crippen molar-refractivity contribution >= 4 is 29.5 Å². The molecule has 0 aliphatic rings. The summed E-state index contributed by atoms with van der Waals surface area (Å²) in [5.41, 5.74) is 9.83. The number of nitrogens with two attached hydrogens (primary N) is 1. The van der Waals surface area contributed by atoms with Crippen LogP contribution >= 0.6 is 11.8 Å². The number of hydrogen-bond donors (Lipinski definition) is 4. The van der Waals surface area contributed by atoms with Crippen molar-refractivity contribution in [2.24, 2.45) is 5.73 Å². The van der Waals surface area contributed by atoms with E-state index in [1.165, 1.54) is 22.6 Å². The first kappa shape index (κ1) is 18.3. The van der Waals surface area contributed by atoms with Crippen LogP contribution in [0, 0.1) is 0 Å². The maximum Gasteiger partial charge on any atom is 0.294 e. The first-order valence-corrected chi connectivity index (χ1v) is 8.42. The number of benzene rings is 1. The van der Waals surface area contributed by atoms with E-state index in [1.54, 1.807) is 24.3 Å². The molecule has 2 rings (SSSR count). The summed E-state index contributed by atoms with van der Waals surface area (Å²) in [6.45, 7) is 0. The fourth-order valence-electron chi connectivity index (χ4n) is 1.83. The Balaban J connectivity index is 1.86. The summed E-state index contributed by atoms with van der Waals surface area (Å²) < 4.78 is 1.35. The summed E-state index contributed by atoms with van der Waals surface area (Å²) >= 11 is 1.22. The quantitative estimate of drug-likeness (QED) is 0.402. The van der Waals surface area contributed by atoms with Gasteiger partial charge in [0, 0.05) is 12.2 Å². The van der Waals surface area contributed by atoms with Crippen LogP contribution < -0.4 is 16.6 Å². The van der Waals surface area contributed by atoms with E-state index < -0.39 is 17.7 Å². The van der Waals surface area contributed by atoms with E-state index >= 15 is 0 Å². The molecule has 0 aliphatic heterocycles. The number of para-hydroxylation sites is 1. The van der Waals surface area contributed by atoms with Gasteiger partial charge in [-0.15, -0.1) is 0 Å². The van der Waals surface area contributed by atoms with Crippen molar-refractivity contribution in [3.8, 4) is 11.4 Å². The van der Waals surface area contributed by atoms with Crippen LogP contribution in [0.4, 0.5) is 0 Å². The minimum atomic E-state index is -0.745. The molecule has 0 atom stereocenters. The zero-order valence-electron chi connectivity index (χ0n) is 13.1. The third kappa shape index (κ3) is 5.53. The molecule has 5 N–H and O–H groups in total. The summed E-state index contributed by atoms with van der Waals surface area (Å²) in [5, 5.41) is 13.9. The number of hydrogen-bond acceptors (Lipinski definition) is 6. The van der Waals surface area contributed by atoms with Gasteiger partial charge < -0.3 is 10.8 Å². The van der Waals surface area contributed by atoms with E-state index in [-0.39, 0.29) is 23.6 Å². The predicted octanol–water partition coefficient (Wildman–Crippen LogP) is -0.0525. The van der Waals surface area contributed by atoms with Crippen LogP contribution in [0.1, 0.15) is 16.9 Å². The highest BCUT2D eigenvalue weighted by molar-refractivity contribution is 7.99. The molecule has 1 aromatic heterocycles. The third-order valence-corrected chi connectivity index (χ3v) is 3.95. The van der Waals surface area contributed by atoms with Crippen LogP contribution in [0.2, 0.25) is 0 Å². The summed E-state index contributed by atoms with van der Waals surface area (Å²) in [5.74, 6) is -1.43. The molecule has 0 fully saturated rings. The molecular formula is C15H17N5O4S. The number of nitrogens with one attached hydrogen (secondary N) is 2. The molecule has 10 heteroatoms. The number of primary amides is 1. The Hall–Kier alpha value is -3.01. The molecule has 0 spiro atoms. The molecule has 0 aliphatic carbocycles. The third-order valence-electron chi connectivity index (χ3n) is 2.96. The van der Waals surface area contributed by atoms with Gasteiger partial charge in [-0.3, -0.25) is 25.2 Å². The highest BCUT2D eigenvalue weighted by Crippen LogP contribution is 2.17. The normalized spacial score (nSPS) is 10.2. The first-order chi connectivity index (χ1) is 12.0. The fraction of sp³-hybridized carbons (Fsp3) is 0.200. The van der Waals surface area contributed by atoms with Crippen molar-refractivity contribution in [2.45, 2.75) is 6.42 Å². The van der Waals surface area contributed by atoms with Crippen molar-refractivity contribution in [1.29, 1.82) is 0 Å². The number of hydrazine groups is 1. The summed E-state index contributed by atoms with van der Waals surface area (Å²) in [6, 6.07) is 8.95. The minimum Gasteiger partial charge on any atom is -0.504 e. The van der Waals surface area contributed by atoms with Crippen molar-refractivity contribution in [1.82, 2.24) is 20.6 Å². The Kier molecular flexibility index (Phi) is 6.40. The second-order valence-electron chi connectivity index (χ2n) is 4.91. The van der Waals surface area contributed by atoms with Crippen molar-refractivity contribution in [3.05, 3.63) is 42.2 Å². The van der Waals surface area contributed by atoms with E-state index in [9.17, 15) is 19.5 Å². The lowest BCUT2D eigenvalue weighted by molar-refractivity contribution is -0.121. The van der Waals surface area contributed by atoms with Gasteiger partial charge in [0.15, 0.2) is 11.4 Å². The van der Waals surface area contributed by atoms with Gasteiger partial charge in [0.1, 0.15) is 0 Å². The van der Waals surface area contributed by atoms with Gasteiger partial charge in [-0.25, -0.2) is 4.68 Å². The maximum absolute atomic E-state index is 12.0. The maximum atomic E-state index is 12.0. The van der Waals surface area contributed by atoms with Gasteiger partial charge in [0.05, 0.1) is 17.6 Å². The van der Waals surface area contributed by atoms with Crippen LogP contribution in [-0.4, -0.2) is 44.1 Å². The zero-order valence-corrected chi connectivity index (χ0v) is 14.0. The van der Waals surface area contributed by atoms with Crippen LogP contribution in [0.15, 0.2) is 36.5 Å². The number of rotatable bonds is 7. The lowest BCUT2D eigenvalue weighted by Crippen LogP contribution is -2.42. The first-order valence-electron chi connectivity index (χ1n) is 7.26. The van der Waals surface area contributed by atoms with Crippen LogP contribution in [0.3, 0.4) is 0 Å². The summed E-state index contributed by atoms with van der Waals surface area (Å²) in [4.78, 5) is 34.2. The molecule has 1 aromatic carbocycles. The average molecular weight is 363 g/mol. The molecule has 0 bridgehead atoms. The highest BCUT2D eigenvalue weighted by atomic mass is 32.2. The Morgan fingerprint density at radius 1 is 1.20 bits per heavy atom. The number of aromatic nitrogens is 2. The summed E-state index contributed by atoms with van der Waals surface area (Å²) in [6.07, 6.45) is 1.40. The van der Waals surface area contributed by atoms with Crippen LogP contribution in [-0.2, 0) is 9.59 Å². The van der Waals surface area contributed by atoms with Gasteiger partial charge >= 0.3 is 0 Å². The van der Waals surface area contributed by atoms with Crippen LogP contribution in [0.25, 0.3) is 5.69 Å². The number of carbonyl (C=O) groups is 3. The molecule has 2 aromatic rings. The number of amides is 3. The topological polar surface area (TPSA) is 139 Å².